The molecule has 4 rings (SSSR count). The Hall–Kier alpha value is -3.13. The molecule has 0 spiro atoms. The monoisotopic (exact) mass is 395 g/mol. The second-order valence-corrected chi connectivity index (χ2v) is 7.52. The van der Waals surface area contributed by atoms with Crippen LogP contribution in [0.4, 0.5) is 0 Å². The Morgan fingerprint density at radius 1 is 1.28 bits per heavy atom. The quantitative estimate of drug-likeness (QED) is 0.678. The molecule has 8 heteroatoms. The fourth-order valence-corrected chi connectivity index (χ4v) is 3.78. The molecular weight excluding hydrogens is 370 g/mol. The third-order valence-corrected chi connectivity index (χ3v) is 5.35. The highest BCUT2D eigenvalue weighted by atomic mass is 16.5. The Morgan fingerprint density at radius 2 is 2.07 bits per heavy atom. The lowest BCUT2D eigenvalue weighted by molar-refractivity contribution is -0.118. The van der Waals surface area contributed by atoms with E-state index < -0.39 is 0 Å². The highest BCUT2D eigenvalue weighted by Crippen LogP contribution is 2.29. The van der Waals surface area contributed by atoms with E-state index >= 15 is 0 Å². The molecule has 3 aromatic rings. The third-order valence-electron chi connectivity index (χ3n) is 5.35. The van der Waals surface area contributed by atoms with Crippen molar-refractivity contribution in [1.29, 1.82) is 0 Å². The minimum Gasteiger partial charge on any atom is -0.490 e. The van der Waals surface area contributed by atoms with E-state index in [9.17, 15) is 9.59 Å². The van der Waals surface area contributed by atoms with Crippen molar-refractivity contribution in [3.8, 4) is 5.75 Å². The van der Waals surface area contributed by atoms with Crippen LogP contribution >= 0.6 is 0 Å². The molecule has 1 aliphatic heterocycles. The number of nitrogens with zero attached hydrogens (tertiary/aromatic N) is 4. The zero-order chi connectivity index (χ0) is 20.4. The SMILES string of the molecule is Cn1cnc(CN2CCC(Oc3cccc4c3ccn4CC(N)=O)CC2)cc1=O. The molecule has 0 radical (unpaired) electrons. The number of piperidine rings is 1. The number of nitrogens with two attached hydrogens (primary N) is 1. The summed E-state index contributed by atoms with van der Waals surface area (Å²) in [7, 11) is 1.70. The van der Waals surface area contributed by atoms with E-state index in [4.69, 9.17) is 10.5 Å². The Labute approximate surface area is 168 Å². The number of benzene rings is 1. The molecule has 1 amide bonds. The van der Waals surface area contributed by atoms with Crippen molar-refractivity contribution in [2.24, 2.45) is 12.8 Å². The van der Waals surface area contributed by atoms with Crippen LogP contribution in [-0.4, -0.2) is 44.1 Å². The second kappa shape index (κ2) is 8.08. The Morgan fingerprint density at radius 3 is 2.79 bits per heavy atom. The average Bonchev–Trinajstić information content (AvgIpc) is 3.10. The first-order chi connectivity index (χ1) is 14.0. The van der Waals surface area contributed by atoms with Crippen molar-refractivity contribution in [3.05, 3.63) is 58.9 Å². The van der Waals surface area contributed by atoms with Gasteiger partial charge in [-0.1, -0.05) is 6.07 Å². The summed E-state index contributed by atoms with van der Waals surface area (Å²) in [6.07, 6.45) is 5.38. The van der Waals surface area contributed by atoms with Crippen LogP contribution in [0, 0.1) is 0 Å². The van der Waals surface area contributed by atoms with Crippen LogP contribution in [-0.2, 0) is 24.9 Å². The summed E-state index contributed by atoms with van der Waals surface area (Å²) < 4.78 is 9.61. The largest absolute Gasteiger partial charge is 0.490 e. The highest BCUT2D eigenvalue weighted by molar-refractivity contribution is 5.87. The standard InChI is InChI=1S/C21H25N5O3/c1-24-14-23-15(11-21(24)28)12-25-8-5-16(6-9-25)29-19-4-2-3-18-17(19)7-10-26(18)13-20(22)27/h2-4,7,10-11,14,16H,5-6,8-9,12-13H2,1H3,(H2,22,27). The maximum absolute atomic E-state index is 11.8. The predicted molar refractivity (Wildman–Crippen MR) is 110 cm³/mol. The molecule has 2 N–H and O–H groups in total. The van der Waals surface area contributed by atoms with E-state index in [1.165, 1.54) is 4.57 Å². The number of primary amides is 1. The van der Waals surface area contributed by atoms with Gasteiger partial charge in [0.25, 0.3) is 5.56 Å². The van der Waals surface area contributed by atoms with Gasteiger partial charge in [-0.2, -0.15) is 0 Å². The van der Waals surface area contributed by atoms with Crippen LogP contribution in [0.15, 0.2) is 47.7 Å². The van der Waals surface area contributed by atoms with Gasteiger partial charge in [0.15, 0.2) is 0 Å². The van der Waals surface area contributed by atoms with Gasteiger partial charge >= 0.3 is 0 Å². The molecule has 2 aromatic heterocycles. The summed E-state index contributed by atoms with van der Waals surface area (Å²) in [6.45, 7) is 2.61. The maximum Gasteiger partial charge on any atom is 0.253 e. The maximum atomic E-state index is 11.8. The van der Waals surface area contributed by atoms with Crippen molar-refractivity contribution >= 4 is 16.8 Å². The number of hydrogen-bond donors (Lipinski definition) is 1. The summed E-state index contributed by atoms with van der Waals surface area (Å²) in [5.74, 6) is 0.462. The van der Waals surface area contributed by atoms with Gasteiger partial charge in [0, 0.05) is 44.3 Å². The topological polar surface area (TPSA) is 95.4 Å². The van der Waals surface area contributed by atoms with E-state index in [2.05, 4.69) is 9.88 Å². The molecule has 1 fully saturated rings. The molecule has 0 unspecified atom stereocenters. The van der Waals surface area contributed by atoms with Crippen molar-refractivity contribution in [2.45, 2.75) is 32.0 Å². The number of aromatic nitrogens is 3. The minimum absolute atomic E-state index is 0.0374. The Kier molecular flexibility index (Phi) is 5.35. The predicted octanol–water partition coefficient (Wildman–Crippen LogP) is 1.26. The molecule has 29 heavy (non-hydrogen) atoms. The van der Waals surface area contributed by atoms with Crippen molar-refractivity contribution in [3.63, 3.8) is 0 Å². The van der Waals surface area contributed by atoms with Crippen molar-refractivity contribution in [1.82, 2.24) is 19.0 Å². The Balaban J connectivity index is 1.38. The number of carbonyl (C=O) groups is 1. The lowest BCUT2D eigenvalue weighted by Gasteiger charge is -2.32. The lowest BCUT2D eigenvalue weighted by atomic mass is 10.1. The average molecular weight is 395 g/mol. The number of likely N-dealkylation sites (tertiary alicyclic amines) is 1. The molecule has 0 saturated carbocycles. The van der Waals surface area contributed by atoms with Gasteiger partial charge in [-0.05, 0) is 31.0 Å². The van der Waals surface area contributed by atoms with Gasteiger partial charge in [-0.25, -0.2) is 4.98 Å². The van der Waals surface area contributed by atoms with Gasteiger partial charge in [-0.3, -0.25) is 14.5 Å². The van der Waals surface area contributed by atoms with Crippen LogP contribution in [0.1, 0.15) is 18.5 Å². The second-order valence-electron chi connectivity index (χ2n) is 7.52. The molecule has 8 nitrogen and oxygen atoms in total. The van der Waals surface area contributed by atoms with Crippen LogP contribution in [0.5, 0.6) is 5.75 Å². The zero-order valence-electron chi connectivity index (χ0n) is 16.5. The van der Waals surface area contributed by atoms with E-state index in [1.807, 2.05) is 35.0 Å². The van der Waals surface area contributed by atoms with E-state index in [-0.39, 0.29) is 24.1 Å². The zero-order valence-corrected chi connectivity index (χ0v) is 16.5. The lowest BCUT2D eigenvalue weighted by Crippen LogP contribution is -2.38. The van der Waals surface area contributed by atoms with Crippen LogP contribution in [0.25, 0.3) is 10.9 Å². The van der Waals surface area contributed by atoms with Gasteiger partial charge in [-0.15, -0.1) is 0 Å². The fraction of sp³-hybridized carbons (Fsp3) is 0.381. The molecule has 152 valence electrons. The van der Waals surface area contributed by atoms with Crippen LogP contribution in [0.2, 0.25) is 0 Å². The third kappa shape index (κ3) is 4.32. The Bertz CT molecular complexity index is 1080. The molecule has 1 aliphatic rings. The molecule has 1 aromatic carbocycles. The summed E-state index contributed by atoms with van der Waals surface area (Å²) in [5, 5.41) is 0.987. The fourth-order valence-electron chi connectivity index (χ4n) is 3.78. The number of carbonyl (C=O) groups excluding carboxylic acids is 1. The van der Waals surface area contributed by atoms with E-state index in [0.717, 1.165) is 48.3 Å². The van der Waals surface area contributed by atoms with Gasteiger partial charge < -0.3 is 19.6 Å². The van der Waals surface area contributed by atoms with Gasteiger partial charge in [0.1, 0.15) is 18.4 Å². The first kappa shape index (κ1) is 19.2. The smallest absolute Gasteiger partial charge is 0.253 e. The van der Waals surface area contributed by atoms with Gasteiger partial charge in [0.2, 0.25) is 5.91 Å². The van der Waals surface area contributed by atoms with Crippen LogP contribution < -0.4 is 16.0 Å². The van der Waals surface area contributed by atoms with E-state index in [1.54, 1.807) is 19.4 Å². The molecular formula is C21H25N5O3. The number of ether oxygens (including phenoxy) is 1. The summed E-state index contributed by atoms with van der Waals surface area (Å²) in [6, 6.07) is 9.42. The number of fused-ring (bicyclic) bond motifs is 1. The molecule has 0 aliphatic carbocycles. The minimum atomic E-state index is -0.369. The van der Waals surface area contributed by atoms with E-state index in [0.29, 0.717) is 6.54 Å². The van der Waals surface area contributed by atoms with Crippen molar-refractivity contribution < 1.29 is 9.53 Å². The number of aryl methyl sites for hydroxylation is 1. The summed E-state index contributed by atoms with van der Waals surface area (Å²) in [5.41, 5.74) is 7.03. The normalized spacial score (nSPS) is 15.6. The molecule has 1 saturated heterocycles. The molecule has 3 heterocycles. The summed E-state index contributed by atoms with van der Waals surface area (Å²) >= 11 is 0. The number of rotatable bonds is 6. The molecule has 0 atom stereocenters. The van der Waals surface area contributed by atoms with Gasteiger partial charge in [0.05, 0.1) is 17.5 Å². The number of hydrogen-bond acceptors (Lipinski definition) is 5. The molecule has 0 bridgehead atoms. The first-order valence-electron chi connectivity index (χ1n) is 9.76. The van der Waals surface area contributed by atoms with Crippen molar-refractivity contribution in [2.75, 3.05) is 13.1 Å². The first-order valence-corrected chi connectivity index (χ1v) is 9.76. The summed E-state index contributed by atoms with van der Waals surface area (Å²) in [4.78, 5) is 29.6. The number of amides is 1. The highest BCUT2D eigenvalue weighted by Gasteiger charge is 2.22. The van der Waals surface area contributed by atoms with Crippen LogP contribution in [0.3, 0.4) is 0 Å².